The molecule has 6 nitrogen and oxygen atoms in total. The van der Waals surface area contributed by atoms with Gasteiger partial charge in [-0.15, -0.1) is 6.58 Å². The highest BCUT2D eigenvalue weighted by Crippen LogP contribution is 2.27. The zero-order valence-electron chi connectivity index (χ0n) is 12.2. The molecule has 0 heterocycles. The average Bonchev–Trinajstić information content (AvgIpc) is 2.55. The van der Waals surface area contributed by atoms with Crippen LogP contribution < -0.4 is 4.31 Å². The summed E-state index contributed by atoms with van der Waals surface area (Å²) in [5.74, 6) is -2.33. The maximum absolute atomic E-state index is 13.4. The van der Waals surface area contributed by atoms with E-state index in [1.54, 1.807) is 0 Å². The minimum absolute atomic E-state index is 0.125. The predicted octanol–water partition coefficient (Wildman–Crippen LogP) is 3.25. The Morgan fingerprint density at radius 3 is 2.46 bits per heavy atom. The molecule has 0 N–H and O–H groups in total. The lowest BCUT2D eigenvalue weighted by molar-refractivity contribution is -0.385. The van der Waals surface area contributed by atoms with E-state index in [2.05, 4.69) is 6.58 Å². The van der Waals surface area contributed by atoms with Crippen LogP contribution in [0.25, 0.3) is 0 Å². The van der Waals surface area contributed by atoms with Crippen molar-refractivity contribution >= 4 is 21.4 Å². The van der Waals surface area contributed by atoms with Gasteiger partial charge in [-0.05, 0) is 18.2 Å². The molecule has 0 amide bonds. The largest absolute Gasteiger partial charge is 0.270 e. The van der Waals surface area contributed by atoms with Crippen LogP contribution in [0.5, 0.6) is 0 Å². The van der Waals surface area contributed by atoms with E-state index in [0.717, 1.165) is 34.6 Å². The van der Waals surface area contributed by atoms with Gasteiger partial charge in [-0.1, -0.05) is 12.1 Å². The number of halogens is 2. The summed E-state index contributed by atoms with van der Waals surface area (Å²) >= 11 is 0. The first kappa shape index (κ1) is 17.5. The lowest BCUT2D eigenvalue weighted by Crippen LogP contribution is -2.31. The Bertz CT molecular complexity index is 900. The monoisotopic (exact) mass is 354 g/mol. The number of nitro benzene ring substituents is 1. The molecule has 2 rings (SSSR count). The van der Waals surface area contributed by atoms with E-state index in [4.69, 9.17) is 0 Å². The van der Waals surface area contributed by atoms with Crippen molar-refractivity contribution in [1.29, 1.82) is 0 Å². The zero-order valence-corrected chi connectivity index (χ0v) is 13.0. The van der Waals surface area contributed by atoms with Crippen LogP contribution in [0.2, 0.25) is 0 Å². The molecule has 0 unspecified atom stereocenters. The van der Waals surface area contributed by atoms with Crippen molar-refractivity contribution < 1.29 is 22.1 Å². The van der Waals surface area contributed by atoms with Crippen LogP contribution in [0, 0.1) is 21.7 Å². The summed E-state index contributed by atoms with van der Waals surface area (Å²) in [5, 5.41) is 10.8. The van der Waals surface area contributed by atoms with Gasteiger partial charge in [0.15, 0.2) is 11.6 Å². The van der Waals surface area contributed by atoms with E-state index >= 15 is 0 Å². The highest BCUT2D eigenvalue weighted by molar-refractivity contribution is 7.92. The number of nitro groups is 1. The van der Waals surface area contributed by atoms with Gasteiger partial charge in [0.25, 0.3) is 15.7 Å². The van der Waals surface area contributed by atoms with Crippen LogP contribution in [-0.2, 0) is 10.0 Å². The molecule has 0 radical (unpaired) electrons. The zero-order chi connectivity index (χ0) is 17.9. The minimum Gasteiger partial charge on any atom is -0.262 e. The van der Waals surface area contributed by atoms with Gasteiger partial charge in [0.1, 0.15) is 0 Å². The Morgan fingerprint density at radius 2 is 1.88 bits per heavy atom. The third-order valence-corrected chi connectivity index (χ3v) is 4.89. The molecule has 0 saturated carbocycles. The summed E-state index contributed by atoms with van der Waals surface area (Å²) in [6, 6.07) is 7.06. The fourth-order valence-electron chi connectivity index (χ4n) is 1.98. The van der Waals surface area contributed by atoms with Crippen LogP contribution in [-0.4, -0.2) is 19.9 Å². The SMILES string of the molecule is C=CCN(c1ccc(F)c(F)c1)S(=O)(=O)c1cccc([N+](=O)[O-])c1. The molecule has 2 aromatic rings. The van der Waals surface area contributed by atoms with E-state index in [9.17, 15) is 27.3 Å². The van der Waals surface area contributed by atoms with Crippen LogP contribution >= 0.6 is 0 Å². The van der Waals surface area contributed by atoms with Gasteiger partial charge < -0.3 is 0 Å². The lowest BCUT2D eigenvalue weighted by Gasteiger charge is -2.23. The summed E-state index contributed by atoms with van der Waals surface area (Å²) in [7, 11) is -4.23. The summed E-state index contributed by atoms with van der Waals surface area (Å²) < 4.78 is 52.7. The van der Waals surface area contributed by atoms with Crippen LogP contribution in [0.15, 0.2) is 60.0 Å². The number of hydrogen-bond acceptors (Lipinski definition) is 4. The van der Waals surface area contributed by atoms with E-state index in [1.165, 1.54) is 18.2 Å². The third kappa shape index (κ3) is 3.40. The van der Waals surface area contributed by atoms with Gasteiger partial charge in [-0.3, -0.25) is 14.4 Å². The van der Waals surface area contributed by atoms with Crippen molar-refractivity contribution in [2.75, 3.05) is 10.8 Å². The van der Waals surface area contributed by atoms with E-state index in [1.807, 2.05) is 0 Å². The Morgan fingerprint density at radius 1 is 1.17 bits per heavy atom. The van der Waals surface area contributed by atoms with Crippen molar-refractivity contribution in [1.82, 2.24) is 0 Å². The summed E-state index contributed by atoms with van der Waals surface area (Å²) in [6.07, 6.45) is 1.26. The van der Waals surface area contributed by atoms with Gasteiger partial charge in [0, 0.05) is 18.2 Å². The van der Waals surface area contributed by atoms with E-state index in [0.29, 0.717) is 0 Å². The van der Waals surface area contributed by atoms with E-state index < -0.39 is 32.3 Å². The number of anilines is 1. The van der Waals surface area contributed by atoms with Crippen molar-refractivity contribution in [2.24, 2.45) is 0 Å². The molecular formula is C15H12F2N2O4S. The second-order valence-corrected chi connectivity index (χ2v) is 6.54. The van der Waals surface area contributed by atoms with Crippen molar-refractivity contribution in [3.63, 3.8) is 0 Å². The predicted molar refractivity (Wildman–Crippen MR) is 84.2 cm³/mol. The molecular weight excluding hydrogens is 342 g/mol. The number of hydrogen-bond donors (Lipinski definition) is 0. The molecule has 24 heavy (non-hydrogen) atoms. The standard InChI is InChI=1S/C15H12F2N2O4S/c1-2-8-18(11-6-7-14(16)15(17)10-11)24(22,23)13-5-3-4-12(9-13)19(20)21/h2-7,9-10H,1,8H2. The molecule has 0 aromatic heterocycles. The normalized spacial score (nSPS) is 11.1. The quantitative estimate of drug-likeness (QED) is 0.453. The molecule has 126 valence electrons. The molecule has 0 atom stereocenters. The van der Waals surface area contributed by atoms with Crippen LogP contribution in [0.1, 0.15) is 0 Å². The number of rotatable bonds is 6. The highest BCUT2D eigenvalue weighted by atomic mass is 32.2. The third-order valence-electron chi connectivity index (χ3n) is 3.10. The van der Waals surface area contributed by atoms with Gasteiger partial charge in [0.05, 0.1) is 22.1 Å². The second-order valence-electron chi connectivity index (χ2n) is 4.68. The molecule has 0 bridgehead atoms. The van der Waals surface area contributed by atoms with Gasteiger partial charge in [-0.2, -0.15) is 0 Å². The molecule has 0 spiro atoms. The summed E-state index contributed by atoms with van der Waals surface area (Å²) in [4.78, 5) is 9.75. The van der Waals surface area contributed by atoms with E-state index in [-0.39, 0.29) is 17.1 Å². The van der Waals surface area contributed by atoms with Gasteiger partial charge in [-0.25, -0.2) is 17.2 Å². The molecule has 0 aliphatic carbocycles. The van der Waals surface area contributed by atoms with Crippen molar-refractivity contribution in [2.45, 2.75) is 4.90 Å². The van der Waals surface area contributed by atoms with Crippen LogP contribution in [0.3, 0.4) is 0 Å². The average molecular weight is 354 g/mol. The number of nitrogens with zero attached hydrogens (tertiary/aromatic N) is 2. The first-order chi connectivity index (χ1) is 11.3. The topological polar surface area (TPSA) is 80.5 Å². The number of non-ortho nitro benzene ring substituents is 1. The Balaban J connectivity index is 2.56. The highest BCUT2D eigenvalue weighted by Gasteiger charge is 2.26. The molecule has 0 fully saturated rings. The second kappa shape index (κ2) is 6.75. The molecule has 0 aliphatic rings. The number of sulfonamides is 1. The molecule has 0 saturated heterocycles. The maximum Gasteiger partial charge on any atom is 0.270 e. The first-order valence-corrected chi connectivity index (χ1v) is 8.04. The maximum atomic E-state index is 13.4. The Labute approximate surface area is 136 Å². The van der Waals surface area contributed by atoms with Crippen molar-refractivity contribution in [3.05, 3.63) is 76.9 Å². The smallest absolute Gasteiger partial charge is 0.262 e. The minimum atomic E-state index is -4.23. The number of benzene rings is 2. The fraction of sp³-hybridized carbons (Fsp3) is 0.0667. The Kier molecular flexibility index (Phi) is 4.93. The molecule has 9 heteroatoms. The van der Waals surface area contributed by atoms with Gasteiger partial charge >= 0.3 is 0 Å². The summed E-state index contributed by atoms with van der Waals surface area (Å²) in [6.45, 7) is 3.21. The lowest BCUT2D eigenvalue weighted by atomic mass is 10.3. The van der Waals surface area contributed by atoms with Crippen LogP contribution in [0.4, 0.5) is 20.2 Å². The first-order valence-electron chi connectivity index (χ1n) is 6.60. The van der Waals surface area contributed by atoms with Crippen molar-refractivity contribution in [3.8, 4) is 0 Å². The fourth-order valence-corrected chi connectivity index (χ4v) is 3.45. The van der Waals surface area contributed by atoms with Gasteiger partial charge in [0.2, 0.25) is 0 Å². The molecule has 0 aliphatic heterocycles. The Hall–Kier alpha value is -2.81. The molecule has 2 aromatic carbocycles. The summed E-state index contributed by atoms with van der Waals surface area (Å²) in [5.41, 5.74) is -0.528.